The number of aromatic nitrogens is 3. The fraction of sp³-hybridized carbons (Fsp3) is 0.0625. The molecule has 0 aliphatic heterocycles. The highest BCUT2D eigenvalue weighted by Gasteiger charge is 2.00. The number of para-hydroxylation sites is 1. The van der Waals surface area contributed by atoms with Crippen LogP contribution in [0.1, 0.15) is 11.3 Å². The second-order valence-corrected chi connectivity index (χ2v) is 4.99. The Morgan fingerprint density at radius 3 is 2.64 bits per heavy atom. The van der Waals surface area contributed by atoms with Crippen LogP contribution in [0.15, 0.2) is 65.9 Å². The van der Waals surface area contributed by atoms with Gasteiger partial charge < -0.3 is 4.84 Å². The van der Waals surface area contributed by atoms with Gasteiger partial charge in [-0.15, -0.1) is 5.10 Å². The summed E-state index contributed by atoms with van der Waals surface area (Å²) in [4.78, 5) is 5.23. The summed E-state index contributed by atoms with van der Waals surface area (Å²) in [7, 11) is 0. The van der Waals surface area contributed by atoms with Crippen molar-refractivity contribution in [1.29, 1.82) is 0 Å². The molecule has 0 saturated heterocycles. The van der Waals surface area contributed by atoms with Crippen LogP contribution >= 0.6 is 11.6 Å². The lowest BCUT2D eigenvalue weighted by molar-refractivity contribution is 0.132. The van der Waals surface area contributed by atoms with Crippen LogP contribution in [0.3, 0.4) is 0 Å². The lowest BCUT2D eigenvalue weighted by atomic mass is 10.2. The average molecular weight is 313 g/mol. The van der Waals surface area contributed by atoms with E-state index in [0.717, 1.165) is 11.3 Å². The minimum atomic E-state index is 0.375. The van der Waals surface area contributed by atoms with Crippen LogP contribution < -0.4 is 0 Å². The Balaban J connectivity index is 1.57. The first-order valence-corrected chi connectivity index (χ1v) is 7.06. The van der Waals surface area contributed by atoms with Gasteiger partial charge in [-0.25, -0.2) is 4.68 Å². The van der Waals surface area contributed by atoms with Crippen LogP contribution in [0.5, 0.6) is 0 Å². The second kappa shape index (κ2) is 6.87. The van der Waals surface area contributed by atoms with Gasteiger partial charge in [0.15, 0.2) is 0 Å². The second-order valence-electron chi connectivity index (χ2n) is 4.56. The number of halogens is 1. The van der Waals surface area contributed by atoms with E-state index >= 15 is 0 Å². The Morgan fingerprint density at radius 2 is 1.86 bits per heavy atom. The summed E-state index contributed by atoms with van der Waals surface area (Å²) in [5.74, 6) is 0. The lowest BCUT2D eigenvalue weighted by Crippen LogP contribution is -1.93. The molecule has 22 heavy (non-hydrogen) atoms. The fourth-order valence-electron chi connectivity index (χ4n) is 1.83. The van der Waals surface area contributed by atoms with Crippen molar-refractivity contribution in [3.8, 4) is 5.69 Å². The normalized spacial score (nSPS) is 11.0. The predicted molar refractivity (Wildman–Crippen MR) is 85.2 cm³/mol. The number of benzene rings is 2. The van der Waals surface area contributed by atoms with E-state index in [-0.39, 0.29) is 0 Å². The summed E-state index contributed by atoms with van der Waals surface area (Å²) in [6.45, 7) is 0.375. The van der Waals surface area contributed by atoms with Gasteiger partial charge >= 0.3 is 0 Å². The van der Waals surface area contributed by atoms with Crippen molar-refractivity contribution in [2.75, 3.05) is 0 Å². The zero-order valence-electron chi connectivity index (χ0n) is 11.6. The Morgan fingerprint density at radius 1 is 1.09 bits per heavy atom. The molecular formula is C16H13ClN4O. The van der Waals surface area contributed by atoms with Crippen molar-refractivity contribution < 1.29 is 4.84 Å². The highest BCUT2D eigenvalue weighted by atomic mass is 35.5. The third-order valence-corrected chi connectivity index (χ3v) is 3.19. The number of rotatable bonds is 5. The zero-order chi connectivity index (χ0) is 15.2. The van der Waals surface area contributed by atoms with E-state index in [4.69, 9.17) is 16.4 Å². The van der Waals surface area contributed by atoms with E-state index in [2.05, 4.69) is 15.5 Å². The first-order valence-electron chi connectivity index (χ1n) is 6.69. The standard InChI is InChI=1S/C16H13ClN4O/c17-14-8-6-13(7-9-14)12-22-18-10-15-11-21(20-19-15)16-4-2-1-3-5-16/h1-11H,12H2/b18-10+. The molecule has 0 N–H and O–H groups in total. The summed E-state index contributed by atoms with van der Waals surface area (Å²) >= 11 is 5.82. The molecule has 110 valence electrons. The van der Waals surface area contributed by atoms with Crippen molar-refractivity contribution in [2.24, 2.45) is 5.16 Å². The Hall–Kier alpha value is -2.66. The molecule has 0 fully saturated rings. The molecular weight excluding hydrogens is 300 g/mol. The van der Waals surface area contributed by atoms with E-state index < -0.39 is 0 Å². The van der Waals surface area contributed by atoms with Crippen LogP contribution in [0, 0.1) is 0 Å². The summed E-state index contributed by atoms with van der Waals surface area (Å²) in [5.41, 5.74) is 2.56. The van der Waals surface area contributed by atoms with Crippen molar-refractivity contribution >= 4 is 17.8 Å². The van der Waals surface area contributed by atoms with E-state index in [1.54, 1.807) is 10.9 Å². The van der Waals surface area contributed by atoms with Gasteiger partial charge in [-0.2, -0.15) is 0 Å². The summed E-state index contributed by atoms with van der Waals surface area (Å²) in [6.07, 6.45) is 3.31. The highest BCUT2D eigenvalue weighted by Crippen LogP contribution is 2.10. The number of hydrogen-bond acceptors (Lipinski definition) is 4. The summed E-state index contributed by atoms with van der Waals surface area (Å²) in [6, 6.07) is 17.2. The molecule has 2 aromatic carbocycles. The van der Waals surface area contributed by atoms with Gasteiger partial charge in [0, 0.05) is 5.02 Å². The Bertz CT molecular complexity index is 753. The summed E-state index contributed by atoms with van der Waals surface area (Å²) in [5, 5.41) is 12.6. The molecule has 3 aromatic rings. The van der Waals surface area contributed by atoms with Gasteiger partial charge in [0.1, 0.15) is 12.3 Å². The zero-order valence-corrected chi connectivity index (χ0v) is 12.4. The molecule has 5 nitrogen and oxygen atoms in total. The maximum Gasteiger partial charge on any atom is 0.142 e. The first-order chi connectivity index (χ1) is 10.8. The SMILES string of the molecule is Clc1ccc(CO/N=C/c2cn(-c3ccccc3)nn2)cc1. The Labute approximate surface area is 132 Å². The lowest BCUT2D eigenvalue weighted by Gasteiger charge is -1.99. The Kier molecular flexibility index (Phi) is 4.46. The van der Waals surface area contributed by atoms with Crippen molar-refractivity contribution in [2.45, 2.75) is 6.61 Å². The van der Waals surface area contributed by atoms with E-state index in [0.29, 0.717) is 17.3 Å². The molecule has 0 aliphatic rings. The molecule has 1 heterocycles. The number of oxime groups is 1. The minimum absolute atomic E-state index is 0.375. The molecule has 3 rings (SSSR count). The van der Waals surface area contributed by atoms with Crippen molar-refractivity contribution in [3.63, 3.8) is 0 Å². The van der Waals surface area contributed by atoms with Gasteiger partial charge in [0.2, 0.25) is 0 Å². The molecule has 0 atom stereocenters. The van der Waals surface area contributed by atoms with Gasteiger partial charge in [0.25, 0.3) is 0 Å². The van der Waals surface area contributed by atoms with Crippen molar-refractivity contribution in [1.82, 2.24) is 15.0 Å². The maximum absolute atomic E-state index is 5.82. The van der Waals surface area contributed by atoms with Crippen LogP contribution in [0.25, 0.3) is 5.69 Å². The van der Waals surface area contributed by atoms with Crippen LogP contribution in [-0.2, 0) is 11.4 Å². The number of hydrogen-bond donors (Lipinski definition) is 0. The van der Waals surface area contributed by atoms with Gasteiger partial charge in [-0.05, 0) is 29.8 Å². The molecule has 0 spiro atoms. The minimum Gasteiger partial charge on any atom is -0.391 e. The molecule has 0 amide bonds. The van der Waals surface area contributed by atoms with Gasteiger partial charge in [-0.1, -0.05) is 52.3 Å². The monoisotopic (exact) mass is 312 g/mol. The van der Waals surface area contributed by atoms with E-state index in [9.17, 15) is 0 Å². The van der Waals surface area contributed by atoms with Crippen molar-refractivity contribution in [3.05, 3.63) is 77.1 Å². The largest absolute Gasteiger partial charge is 0.391 e. The van der Waals surface area contributed by atoms with Gasteiger partial charge in [0.05, 0.1) is 18.1 Å². The molecule has 0 radical (unpaired) electrons. The molecule has 0 saturated carbocycles. The highest BCUT2D eigenvalue weighted by molar-refractivity contribution is 6.30. The average Bonchev–Trinajstić information content (AvgIpc) is 3.03. The van der Waals surface area contributed by atoms with Crippen LogP contribution in [0.4, 0.5) is 0 Å². The molecule has 6 heteroatoms. The summed E-state index contributed by atoms with van der Waals surface area (Å²) < 4.78 is 1.68. The molecule has 0 aliphatic carbocycles. The van der Waals surface area contributed by atoms with Crippen LogP contribution in [-0.4, -0.2) is 21.2 Å². The topological polar surface area (TPSA) is 52.3 Å². The van der Waals surface area contributed by atoms with E-state index in [1.807, 2.05) is 54.6 Å². The van der Waals surface area contributed by atoms with E-state index in [1.165, 1.54) is 6.21 Å². The molecule has 0 bridgehead atoms. The smallest absolute Gasteiger partial charge is 0.142 e. The molecule has 0 unspecified atom stereocenters. The fourth-order valence-corrected chi connectivity index (χ4v) is 1.95. The maximum atomic E-state index is 5.82. The third kappa shape index (κ3) is 3.71. The predicted octanol–water partition coefficient (Wildman–Crippen LogP) is 3.47. The van der Waals surface area contributed by atoms with Gasteiger partial charge in [-0.3, -0.25) is 0 Å². The third-order valence-electron chi connectivity index (χ3n) is 2.94. The first kappa shape index (κ1) is 14.3. The quantitative estimate of drug-likeness (QED) is 0.535. The number of nitrogens with zero attached hydrogens (tertiary/aromatic N) is 4. The van der Waals surface area contributed by atoms with Crippen LogP contribution in [0.2, 0.25) is 5.02 Å². The molecule has 1 aromatic heterocycles.